The Balaban J connectivity index is 1.87. The zero-order chi connectivity index (χ0) is 17.9. The average molecular weight is 340 g/mol. The molecule has 3 aromatic carbocycles. The van der Waals surface area contributed by atoms with Crippen LogP contribution in [-0.4, -0.2) is 6.03 Å². The predicted molar refractivity (Wildman–Crippen MR) is 107 cm³/mol. The van der Waals surface area contributed by atoms with Crippen LogP contribution in [0.4, 0.5) is 10.5 Å². The molecule has 3 aromatic rings. The third-order valence-electron chi connectivity index (χ3n) is 4.74. The van der Waals surface area contributed by atoms with E-state index >= 15 is 0 Å². The summed E-state index contributed by atoms with van der Waals surface area (Å²) in [7, 11) is 0. The Kier molecular flexibility index (Phi) is 4.28. The summed E-state index contributed by atoms with van der Waals surface area (Å²) >= 11 is 0. The van der Waals surface area contributed by atoms with Crippen molar-refractivity contribution in [3.63, 3.8) is 0 Å². The molecule has 0 fully saturated rings. The van der Waals surface area contributed by atoms with Crippen molar-refractivity contribution in [1.29, 1.82) is 0 Å². The van der Waals surface area contributed by atoms with Gasteiger partial charge in [0, 0.05) is 5.69 Å². The molecule has 2 amide bonds. The second-order valence-electron chi connectivity index (χ2n) is 6.49. The molecule has 0 heterocycles. The summed E-state index contributed by atoms with van der Waals surface area (Å²) in [6.07, 6.45) is 4.26. The highest BCUT2D eigenvalue weighted by molar-refractivity contribution is 5.95. The zero-order valence-corrected chi connectivity index (χ0v) is 14.4. The number of hydrogen-bond donors (Lipinski definition) is 2. The lowest BCUT2D eigenvalue weighted by atomic mass is 9.92. The number of benzene rings is 3. The third-order valence-corrected chi connectivity index (χ3v) is 4.74. The Hall–Kier alpha value is -3.33. The highest BCUT2D eigenvalue weighted by Gasteiger charge is 2.17. The molecule has 0 saturated heterocycles. The van der Waals surface area contributed by atoms with E-state index in [-0.39, 0.29) is 0 Å². The van der Waals surface area contributed by atoms with Gasteiger partial charge in [0.25, 0.3) is 0 Å². The van der Waals surface area contributed by atoms with E-state index in [0.29, 0.717) is 5.69 Å². The Morgan fingerprint density at radius 2 is 1.46 bits per heavy atom. The van der Waals surface area contributed by atoms with E-state index in [1.165, 1.54) is 27.8 Å². The Bertz CT molecular complexity index is 955. The van der Waals surface area contributed by atoms with Crippen LogP contribution in [-0.2, 0) is 12.8 Å². The number of hydrogen-bond acceptors (Lipinski definition) is 1. The van der Waals surface area contributed by atoms with Crippen molar-refractivity contribution >= 4 is 23.4 Å². The first-order valence-corrected chi connectivity index (χ1v) is 8.75. The van der Waals surface area contributed by atoms with Crippen LogP contribution in [0.15, 0.2) is 72.8 Å². The molecule has 1 aliphatic rings. The molecule has 4 rings (SSSR count). The van der Waals surface area contributed by atoms with Gasteiger partial charge in [-0.25, -0.2) is 4.79 Å². The lowest BCUT2D eigenvalue weighted by Gasteiger charge is -2.12. The van der Waals surface area contributed by atoms with Crippen molar-refractivity contribution in [3.8, 4) is 0 Å². The lowest BCUT2D eigenvalue weighted by molar-refractivity contribution is 0.259. The van der Waals surface area contributed by atoms with E-state index in [4.69, 9.17) is 5.73 Å². The minimum atomic E-state index is -0.556. The molecule has 128 valence electrons. The fourth-order valence-corrected chi connectivity index (χ4v) is 3.59. The van der Waals surface area contributed by atoms with Crippen LogP contribution >= 0.6 is 0 Å². The van der Waals surface area contributed by atoms with E-state index in [1.54, 1.807) is 0 Å². The average Bonchev–Trinajstić information content (AvgIpc) is 2.80. The molecule has 3 nitrogen and oxygen atoms in total. The number of carbonyl (C=O) groups is 1. The van der Waals surface area contributed by atoms with Crippen molar-refractivity contribution in [2.24, 2.45) is 5.73 Å². The number of nitrogens with two attached hydrogens (primary N) is 1. The molecular weight excluding hydrogens is 320 g/mol. The second-order valence-corrected chi connectivity index (χ2v) is 6.49. The summed E-state index contributed by atoms with van der Waals surface area (Å²) in [6, 6.07) is 24.4. The van der Waals surface area contributed by atoms with Crippen LogP contribution in [0.1, 0.15) is 27.8 Å². The number of anilines is 1. The SMILES string of the molecule is NC(=O)Nc1cccc(C=C2c3ccccc3CCc3ccccc32)c1. The molecule has 3 N–H and O–H groups in total. The van der Waals surface area contributed by atoms with E-state index in [2.05, 4.69) is 59.9 Å². The van der Waals surface area contributed by atoms with Crippen LogP contribution in [0, 0.1) is 0 Å². The highest BCUT2D eigenvalue weighted by atomic mass is 16.2. The van der Waals surface area contributed by atoms with Crippen LogP contribution < -0.4 is 11.1 Å². The molecule has 3 heteroatoms. The van der Waals surface area contributed by atoms with Crippen LogP contribution in [0.2, 0.25) is 0 Å². The Labute approximate surface area is 153 Å². The zero-order valence-electron chi connectivity index (χ0n) is 14.4. The van der Waals surface area contributed by atoms with Crippen LogP contribution in [0.3, 0.4) is 0 Å². The summed E-state index contributed by atoms with van der Waals surface area (Å²) in [6.45, 7) is 0. The van der Waals surface area contributed by atoms with Gasteiger partial charge in [-0.2, -0.15) is 0 Å². The molecule has 0 aliphatic heterocycles. The maximum Gasteiger partial charge on any atom is 0.316 e. The quantitative estimate of drug-likeness (QED) is 0.687. The standard InChI is InChI=1S/C23H20N2O/c24-23(26)25-19-9-5-6-16(14-19)15-22-20-10-3-1-7-17(20)12-13-18-8-2-4-11-21(18)22/h1-11,14-15H,12-13H2,(H3,24,25,26). The van der Waals surface area contributed by atoms with Gasteiger partial charge in [0.1, 0.15) is 0 Å². The first-order chi connectivity index (χ1) is 12.7. The number of aryl methyl sites for hydroxylation is 2. The Morgan fingerprint density at radius 1 is 0.846 bits per heavy atom. The summed E-state index contributed by atoms with van der Waals surface area (Å²) < 4.78 is 0. The smallest absolute Gasteiger partial charge is 0.316 e. The third kappa shape index (κ3) is 3.24. The largest absolute Gasteiger partial charge is 0.351 e. The number of rotatable bonds is 2. The number of amides is 2. The second kappa shape index (κ2) is 6.89. The topological polar surface area (TPSA) is 55.1 Å². The minimum Gasteiger partial charge on any atom is -0.351 e. The van der Waals surface area contributed by atoms with Gasteiger partial charge in [-0.1, -0.05) is 60.7 Å². The van der Waals surface area contributed by atoms with Gasteiger partial charge in [-0.15, -0.1) is 0 Å². The van der Waals surface area contributed by atoms with Gasteiger partial charge in [0.05, 0.1) is 0 Å². The van der Waals surface area contributed by atoms with Crippen LogP contribution in [0.25, 0.3) is 11.6 Å². The maximum absolute atomic E-state index is 11.1. The molecule has 0 unspecified atom stereocenters. The summed E-state index contributed by atoms with van der Waals surface area (Å²) in [4.78, 5) is 11.1. The molecule has 1 aliphatic carbocycles. The lowest BCUT2D eigenvalue weighted by Crippen LogP contribution is -2.19. The fraction of sp³-hybridized carbons (Fsp3) is 0.0870. The van der Waals surface area contributed by atoms with Crippen molar-refractivity contribution in [1.82, 2.24) is 0 Å². The van der Waals surface area contributed by atoms with E-state index in [9.17, 15) is 4.79 Å². The predicted octanol–water partition coefficient (Wildman–Crippen LogP) is 4.86. The van der Waals surface area contributed by atoms with Crippen LogP contribution in [0.5, 0.6) is 0 Å². The highest BCUT2D eigenvalue weighted by Crippen LogP contribution is 2.35. The van der Waals surface area contributed by atoms with Gasteiger partial charge < -0.3 is 11.1 Å². The number of nitrogens with one attached hydrogen (secondary N) is 1. The maximum atomic E-state index is 11.1. The summed E-state index contributed by atoms with van der Waals surface area (Å²) in [5.74, 6) is 0. The van der Waals surface area contributed by atoms with E-state index in [0.717, 1.165) is 18.4 Å². The molecule has 0 radical (unpaired) electrons. The minimum absolute atomic E-state index is 0.556. The normalized spacial score (nSPS) is 12.5. The van der Waals surface area contributed by atoms with E-state index in [1.807, 2.05) is 24.3 Å². The molecule has 0 aromatic heterocycles. The first-order valence-electron chi connectivity index (χ1n) is 8.75. The van der Waals surface area contributed by atoms with Crippen molar-refractivity contribution in [2.75, 3.05) is 5.32 Å². The first kappa shape index (κ1) is 16.2. The Morgan fingerprint density at radius 3 is 2.08 bits per heavy atom. The van der Waals surface area contributed by atoms with Gasteiger partial charge in [0.15, 0.2) is 0 Å². The fourth-order valence-electron chi connectivity index (χ4n) is 3.59. The molecule has 0 saturated carbocycles. The summed E-state index contributed by atoms with van der Waals surface area (Å²) in [5.41, 5.74) is 13.4. The summed E-state index contributed by atoms with van der Waals surface area (Å²) in [5, 5.41) is 2.64. The van der Waals surface area contributed by atoms with Crippen molar-refractivity contribution in [2.45, 2.75) is 12.8 Å². The molecule has 0 spiro atoms. The number of carbonyl (C=O) groups excluding carboxylic acids is 1. The molecule has 0 atom stereocenters. The van der Waals surface area contributed by atoms with Gasteiger partial charge in [0.2, 0.25) is 0 Å². The van der Waals surface area contributed by atoms with E-state index < -0.39 is 6.03 Å². The molecule has 26 heavy (non-hydrogen) atoms. The van der Waals surface area contributed by atoms with Crippen molar-refractivity contribution in [3.05, 3.63) is 101 Å². The molecular formula is C23H20N2O. The number of primary amides is 1. The molecule has 0 bridgehead atoms. The monoisotopic (exact) mass is 340 g/mol. The number of fused-ring (bicyclic) bond motifs is 2. The van der Waals surface area contributed by atoms with Gasteiger partial charge in [-0.3, -0.25) is 0 Å². The number of urea groups is 1. The van der Waals surface area contributed by atoms with Gasteiger partial charge in [-0.05, 0) is 64.4 Å². The van der Waals surface area contributed by atoms with Crippen molar-refractivity contribution < 1.29 is 4.79 Å². The van der Waals surface area contributed by atoms with Gasteiger partial charge >= 0.3 is 6.03 Å².